The topological polar surface area (TPSA) is 81.8 Å². The van der Waals surface area contributed by atoms with Gasteiger partial charge in [0.2, 0.25) is 5.91 Å². The number of hydrogen-bond acceptors (Lipinski definition) is 4. The molecule has 0 radical (unpaired) electrons. The molecule has 1 aromatic carbocycles. The second-order valence-electron chi connectivity index (χ2n) is 7.37. The van der Waals surface area contributed by atoms with E-state index in [4.69, 9.17) is 11.6 Å². The summed E-state index contributed by atoms with van der Waals surface area (Å²) in [6.45, 7) is 0.146. The van der Waals surface area contributed by atoms with Crippen LogP contribution in [0, 0.1) is 0 Å². The summed E-state index contributed by atoms with van der Waals surface area (Å²) in [6, 6.07) is 6.45. The number of carbonyl (C=O) groups excluding carboxylic acids is 3. The van der Waals surface area contributed by atoms with Crippen molar-refractivity contribution in [2.75, 3.05) is 25.6 Å². The number of anilines is 1. The van der Waals surface area contributed by atoms with Crippen molar-refractivity contribution in [3.05, 3.63) is 29.3 Å². The molecule has 1 aromatic rings. The standard InChI is InChI=1S/C19H25ClN4O3/c1-23(12-16(25)21-15-8-6-14(20)7-9-15)13-24-17(26)19(22-18(24)27)10-4-2-3-5-11-19/h6-9H,2-5,10-13H2,1H3,(H,21,25)(H,22,27). The highest BCUT2D eigenvalue weighted by Gasteiger charge is 2.50. The molecule has 4 amide bonds. The van der Waals surface area contributed by atoms with Gasteiger partial charge in [0.15, 0.2) is 0 Å². The van der Waals surface area contributed by atoms with Crippen molar-refractivity contribution in [1.29, 1.82) is 0 Å². The Kier molecular flexibility index (Phi) is 6.01. The third-order valence-electron chi connectivity index (χ3n) is 5.13. The number of halogens is 1. The van der Waals surface area contributed by atoms with Crippen LogP contribution in [0.15, 0.2) is 24.3 Å². The number of carbonyl (C=O) groups is 3. The van der Waals surface area contributed by atoms with E-state index in [1.807, 2.05) is 0 Å². The van der Waals surface area contributed by atoms with E-state index in [1.54, 1.807) is 36.2 Å². The molecule has 8 heteroatoms. The van der Waals surface area contributed by atoms with Crippen molar-refractivity contribution >= 4 is 35.1 Å². The molecule has 1 aliphatic carbocycles. The quantitative estimate of drug-likeness (QED) is 0.755. The summed E-state index contributed by atoms with van der Waals surface area (Å²) in [6.07, 6.45) is 5.45. The van der Waals surface area contributed by atoms with E-state index in [0.717, 1.165) is 25.7 Å². The van der Waals surface area contributed by atoms with Crippen molar-refractivity contribution in [1.82, 2.24) is 15.1 Å². The fourth-order valence-electron chi connectivity index (χ4n) is 3.75. The van der Waals surface area contributed by atoms with E-state index >= 15 is 0 Å². The number of rotatable bonds is 5. The SMILES string of the molecule is CN(CC(=O)Nc1ccc(Cl)cc1)CN1C(=O)NC2(CCCCCC2)C1=O. The van der Waals surface area contributed by atoms with Gasteiger partial charge in [0.05, 0.1) is 13.2 Å². The van der Waals surface area contributed by atoms with E-state index in [2.05, 4.69) is 10.6 Å². The molecule has 1 saturated heterocycles. The van der Waals surface area contributed by atoms with Crippen LogP contribution >= 0.6 is 11.6 Å². The molecule has 2 N–H and O–H groups in total. The first-order valence-electron chi connectivity index (χ1n) is 9.28. The smallest absolute Gasteiger partial charge is 0.325 e. The molecule has 2 aliphatic rings. The summed E-state index contributed by atoms with van der Waals surface area (Å²) < 4.78 is 0. The molecular weight excluding hydrogens is 368 g/mol. The lowest BCUT2D eigenvalue weighted by atomic mass is 9.90. The molecule has 1 spiro atoms. The van der Waals surface area contributed by atoms with Gasteiger partial charge in [0, 0.05) is 10.7 Å². The van der Waals surface area contributed by atoms with Crippen molar-refractivity contribution < 1.29 is 14.4 Å². The van der Waals surface area contributed by atoms with Gasteiger partial charge < -0.3 is 10.6 Å². The Balaban J connectivity index is 1.56. The number of imide groups is 1. The molecule has 0 atom stereocenters. The zero-order chi connectivity index (χ0) is 19.4. The second kappa shape index (κ2) is 8.27. The largest absolute Gasteiger partial charge is 0.326 e. The lowest BCUT2D eigenvalue weighted by Crippen LogP contribution is -2.47. The number of nitrogens with one attached hydrogen (secondary N) is 2. The highest BCUT2D eigenvalue weighted by Crippen LogP contribution is 2.32. The van der Waals surface area contributed by atoms with Crippen molar-refractivity contribution in [3.8, 4) is 0 Å². The Hall–Kier alpha value is -2.12. The van der Waals surface area contributed by atoms with E-state index in [1.165, 1.54) is 4.90 Å². The van der Waals surface area contributed by atoms with Gasteiger partial charge in [0.25, 0.3) is 5.91 Å². The number of amides is 4. The summed E-state index contributed by atoms with van der Waals surface area (Å²) in [5, 5.41) is 6.27. The van der Waals surface area contributed by atoms with Crippen LogP contribution in [0.1, 0.15) is 38.5 Å². The maximum Gasteiger partial charge on any atom is 0.326 e. The Labute approximate surface area is 164 Å². The molecular formula is C19H25ClN4O3. The zero-order valence-electron chi connectivity index (χ0n) is 15.5. The molecule has 0 unspecified atom stereocenters. The summed E-state index contributed by atoms with van der Waals surface area (Å²) in [4.78, 5) is 40.3. The maximum absolute atomic E-state index is 12.9. The third kappa shape index (κ3) is 4.59. The van der Waals surface area contributed by atoms with Gasteiger partial charge in [0.1, 0.15) is 5.54 Å². The lowest BCUT2D eigenvalue weighted by Gasteiger charge is -2.26. The second-order valence-corrected chi connectivity index (χ2v) is 7.81. The minimum Gasteiger partial charge on any atom is -0.325 e. The van der Waals surface area contributed by atoms with Crippen LogP contribution in [0.25, 0.3) is 0 Å². The van der Waals surface area contributed by atoms with Crippen LogP contribution in [-0.2, 0) is 9.59 Å². The van der Waals surface area contributed by atoms with Crippen molar-refractivity contribution in [3.63, 3.8) is 0 Å². The zero-order valence-corrected chi connectivity index (χ0v) is 16.2. The van der Waals surface area contributed by atoms with Gasteiger partial charge in [-0.1, -0.05) is 37.3 Å². The number of hydrogen-bond donors (Lipinski definition) is 2. The van der Waals surface area contributed by atoms with Gasteiger partial charge >= 0.3 is 6.03 Å². The van der Waals surface area contributed by atoms with Gasteiger partial charge in [-0.15, -0.1) is 0 Å². The first kappa shape index (κ1) is 19.6. The molecule has 7 nitrogen and oxygen atoms in total. The van der Waals surface area contributed by atoms with E-state index in [0.29, 0.717) is 23.6 Å². The van der Waals surface area contributed by atoms with Crippen LogP contribution < -0.4 is 10.6 Å². The van der Waals surface area contributed by atoms with E-state index < -0.39 is 5.54 Å². The normalized spacial score (nSPS) is 19.3. The van der Waals surface area contributed by atoms with Crippen molar-refractivity contribution in [2.24, 2.45) is 0 Å². The monoisotopic (exact) mass is 392 g/mol. The third-order valence-corrected chi connectivity index (χ3v) is 5.38. The minimum absolute atomic E-state index is 0.0622. The molecule has 1 heterocycles. The summed E-state index contributed by atoms with van der Waals surface area (Å²) in [5.41, 5.74) is -0.106. The average Bonchev–Trinajstić information content (AvgIpc) is 2.79. The van der Waals surface area contributed by atoms with Crippen LogP contribution in [0.4, 0.5) is 10.5 Å². The Bertz CT molecular complexity index is 714. The molecule has 1 aliphatic heterocycles. The first-order chi connectivity index (χ1) is 12.9. The van der Waals surface area contributed by atoms with Crippen molar-refractivity contribution in [2.45, 2.75) is 44.1 Å². The molecule has 27 heavy (non-hydrogen) atoms. The molecule has 2 fully saturated rings. The maximum atomic E-state index is 12.9. The fourth-order valence-corrected chi connectivity index (χ4v) is 3.87. The molecule has 1 saturated carbocycles. The fraction of sp³-hybridized carbons (Fsp3) is 0.526. The molecule has 3 rings (SSSR count). The van der Waals surface area contributed by atoms with Gasteiger partial charge in [-0.3, -0.25) is 14.5 Å². The molecule has 146 valence electrons. The van der Waals surface area contributed by atoms with Gasteiger partial charge in [-0.05, 0) is 44.2 Å². The van der Waals surface area contributed by atoms with Crippen LogP contribution in [0.3, 0.4) is 0 Å². The molecule has 0 aromatic heterocycles. The molecule has 0 bridgehead atoms. The van der Waals surface area contributed by atoms with Gasteiger partial charge in [-0.2, -0.15) is 0 Å². The summed E-state index contributed by atoms with van der Waals surface area (Å²) in [5.74, 6) is -0.393. The van der Waals surface area contributed by atoms with Crippen LogP contribution in [-0.4, -0.2) is 53.4 Å². The van der Waals surface area contributed by atoms with Gasteiger partial charge in [-0.25, -0.2) is 9.69 Å². The highest BCUT2D eigenvalue weighted by atomic mass is 35.5. The van der Waals surface area contributed by atoms with E-state index in [-0.39, 0.29) is 31.1 Å². The number of benzene rings is 1. The minimum atomic E-state index is -0.750. The summed E-state index contributed by atoms with van der Waals surface area (Å²) in [7, 11) is 1.71. The Morgan fingerprint density at radius 2 is 1.81 bits per heavy atom. The summed E-state index contributed by atoms with van der Waals surface area (Å²) >= 11 is 5.83. The number of urea groups is 1. The first-order valence-corrected chi connectivity index (χ1v) is 9.65. The number of likely N-dealkylation sites (N-methyl/N-ethyl adjacent to an activating group) is 1. The average molecular weight is 393 g/mol. The number of nitrogens with zero attached hydrogens (tertiary/aromatic N) is 2. The van der Waals surface area contributed by atoms with Crippen LogP contribution in [0.2, 0.25) is 5.02 Å². The van der Waals surface area contributed by atoms with E-state index in [9.17, 15) is 14.4 Å². The predicted octanol–water partition coefficient (Wildman–Crippen LogP) is 2.81. The lowest BCUT2D eigenvalue weighted by molar-refractivity contribution is -0.133. The highest BCUT2D eigenvalue weighted by molar-refractivity contribution is 6.30. The predicted molar refractivity (Wildman–Crippen MR) is 103 cm³/mol. The van der Waals surface area contributed by atoms with Crippen LogP contribution in [0.5, 0.6) is 0 Å². The Morgan fingerprint density at radius 3 is 2.44 bits per heavy atom. The Morgan fingerprint density at radius 1 is 1.19 bits per heavy atom.